The number of hydrogen-bond acceptors (Lipinski definition) is 4. The van der Waals surface area contributed by atoms with Crippen LogP contribution in [-0.2, 0) is 6.54 Å². The number of likely N-dealkylation sites (N-methyl/N-ethyl adjacent to an activating group) is 1. The summed E-state index contributed by atoms with van der Waals surface area (Å²) in [4.78, 5) is 5.15. The van der Waals surface area contributed by atoms with Crippen molar-refractivity contribution in [2.75, 3.05) is 26.7 Å². The van der Waals surface area contributed by atoms with Crippen molar-refractivity contribution in [3.05, 3.63) is 17.8 Å². The molecule has 0 atom stereocenters. The molecule has 0 saturated carbocycles. The van der Waals surface area contributed by atoms with Crippen molar-refractivity contribution in [1.82, 2.24) is 15.2 Å². The van der Waals surface area contributed by atoms with Crippen LogP contribution in [-0.4, -0.2) is 42.7 Å². The Morgan fingerprint density at radius 2 is 2.18 bits per heavy atom. The molecule has 0 unspecified atom stereocenters. The Labute approximate surface area is 97.8 Å². The Hall–Kier alpha value is -1.08. The summed E-state index contributed by atoms with van der Waals surface area (Å²) in [7, 11) is 1.70. The zero-order chi connectivity index (χ0) is 12.9. The molecule has 4 nitrogen and oxygen atoms in total. The topological polar surface area (TPSA) is 41.3 Å². The molecule has 0 fully saturated rings. The van der Waals surface area contributed by atoms with Crippen molar-refractivity contribution in [2.24, 2.45) is 0 Å². The normalized spacial score (nSPS) is 12.4. The van der Waals surface area contributed by atoms with Crippen LogP contribution in [0.15, 0.2) is 10.6 Å². The lowest BCUT2D eigenvalue weighted by Gasteiger charge is -2.21. The number of oxazole rings is 1. The molecule has 1 N–H and O–H groups in total. The van der Waals surface area contributed by atoms with E-state index in [-0.39, 0.29) is 13.1 Å². The Morgan fingerprint density at radius 1 is 1.47 bits per heavy atom. The minimum absolute atomic E-state index is 0.0645. The van der Waals surface area contributed by atoms with Gasteiger partial charge in [-0.25, -0.2) is 4.98 Å². The second kappa shape index (κ2) is 6.02. The second-order valence-electron chi connectivity index (χ2n) is 3.79. The van der Waals surface area contributed by atoms with E-state index in [1.807, 2.05) is 0 Å². The van der Waals surface area contributed by atoms with Gasteiger partial charge in [0.05, 0.1) is 19.3 Å². The van der Waals surface area contributed by atoms with Crippen LogP contribution >= 0.6 is 0 Å². The Kier molecular flexibility index (Phi) is 4.95. The van der Waals surface area contributed by atoms with Crippen LogP contribution in [0.4, 0.5) is 13.2 Å². The summed E-state index contributed by atoms with van der Waals surface area (Å²) in [6.07, 6.45) is -2.71. The highest BCUT2D eigenvalue weighted by molar-refractivity contribution is 4.90. The van der Waals surface area contributed by atoms with Crippen molar-refractivity contribution >= 4 is 0 Å². The van der Waals surface area contributed by atoms with E-state index >= 15 is 0 Å². The number of halogens is 3. The van der Waals surface area contributed by atoms with Crippen molar-refractivity contribution < 1.29 is 17.6 Å². The Balaban J connectivity index is 2.56. The fourth-order valence-electron chi connectivity index (χ4n) is 1.40. The number of aromatic nitrogens is 1. The molecule has 0 aliphatic carbocycles. The molecular weight excluding hydrogens is 235 g/mol. The molecule has 1 heterocycles. The first-order valence-corrected chi connectivity index (χ1v) is 5.26. The molecule has 0 radical (unpaired) electrons. The Bertz CT molecular complexity index is 338. The zero-order valence-corrected chi connectivity index (χ0v) is 9.84. The first-order valence-electron chi connectivity index (χ1n) is 5.26. The largest absolute Gasteiger partial charge is 0.445 e. The third-order valence-corrected chi connectivity index (χ3v) is 2.11. The van der Waals surface area contributed by atoms with Crippen molar-refractivity contribution in [2.45, 2.75) is 19.6 Å². The van der Waals surface area contributed by atoms with Crippen LogP contribution in [0.3, 0.4) is 0 Å². The van der Waals surface area contributed by atoms with Gasteiger partial charge in [-0.1, -0.05) is 0 Å². The maximum Gasteiger partial charge on any atom is 0.401 e. The van der Waals surface area contributed by atoms with Gasteiger partial charge in [-0.05, 0) is 14.0 Å². The average molecular weight is 251 g/mol. The standard InChI is InChI=1S/C10H16F3N3O/c1-8-5-15-9(17-8)6-16(4-3-14-2)7-10(11,12)13/h5,14H,3-4,6-7H2,1-2H3. The van der Waals surface area contributed by atoms with E-state index in [9.17, 15) is 13.2 Å². The number of alkyl halides is 3. The number of rotatable bonds is 6. The van der Waals surface area contributed by atoms with E-state index in [4.69, 9.17) is 4.42 Å². The van der Waals surface area contributed by atoms with E-state index < -0.39 is 12.7 Å². The van der Waals surface area contributed by atoms with E-state index in [0.717, 1.165) is 0 Å². The second-order valence-corrected chi connectivity index (χ2v) is 3.79. The highest BCUT2D eigenvalue weighted by Crippen LogP contribution is 2.17. The van der Waals surface area contributed by atoms with Crippen LogP contribution in [0, 0.1) is 6.92 Å². The molecule has 0 bridgehead atoms. The quantitative estimate of drug-likeness (QED) is 0.833. The highest BCUT2D eigenvalue weighted by Gasteiger charge is 2.31. The minimum Gasteiger partial charge on any atom is -0.445 e. The molecule has 1 aromatic rings. The van der Waals surface area contributed by atoms with Crippen LogP contribution in [0.25, 0.3) is 0 Å². The molecular formula is C10H16F3N3O. The fraction of sp³-hybridized carbons (Fsp3) is 0.700. The predicted molar refractivity (Wildman–Crippen MR) is 56.5 cm³/mol. The molecule has 0 aliphatic rings. The third-order valence-electron chi connectivity index (χ3n) is 2.11. The number of aryl methyl sites for hydroxylation is 1. The lowest BCUT2D eigenvalue weighted by molar-refractivity contribution is -0.147. The SMILES string of the molecule is CNCCN(Cc1ncc(C)o1)CC(F)(F)F. The van der Waals surface area contributed by atoms with E-state index in [1.165, 1.54) is 11.1 Å². The van der Waals surface area contributed by atoms with E-state index in [2.05, 4.69) is 10.3 Å². The molecule has 0 saturated heterocycles. The molecule has 0 aromatic carbocycles. The number of nitrogens with zero attached hydrogens (tertiary/aromatic N) is 2. The fourth-order valence-corrected chi connectivity index (χ4v) is 1.40. The minimum atomic E-state index is -4.21. The van der Waals surface area contributed by atoms with Gasteiger partial charge in [0.2, 0.25) is 5.89 Å². The lowest BCUT2D eigenvalue weighted by atomic mass is 10.4. The van der Waals surface area contributed by atoms with Gasteiger partial charge in [0, 0.05) is 13.1 Å². The molecule has 1 rings (SSSR count). The van der Waals surface area contributed by atoms with Gasteiger partial charge in [0.15, 0.2) is 0 Å². The first-order chi connectivity index (χ1) is 7.90. The third kappa shape index (κ3) is 5.69. The molecule has 7 heteroatoms. The van der Waals surface area contributed by atoms with Crippen LogP contribution in [0.2, 0.25) is 0 Å². The number of nitrogens with one attached hydrogen (secondary N) is 1. The van der Waals surface area contributed by atoms with Gasteiger partial charge in [-0.3, -0.25) is 4.90 Å². The molecule has 0 aliphatic heterocycles. The van der Waals surface area contributed by atoms with Gasteiger partial charge in [-0.2, -0.15) is 13.2 Å². The summed E-state index contributed by atoms with van der Waals surface area (Å²) in [5.41, 5.74) is 0. The maximum absolute atomic E-state index is 12.3. The lowest BCUT2D eigenvalue weighted by Crippen LogP contribution is -2.37. The summed E-state index contributed by atoms with van der Waals surface area (Å²) in [6, 6.07) is 0. The monoisotopic (exact) mass is 251 g/mol. The predicted octanol–water partition coefficient (Wildman–Crippen LogP) is 1.57. The van der Waals surface area contributed by atoms with Crippen LogP contribution in [0.5, 0.6) is 0 Å². The molecule has 98 valence electrons. The van der Waals surface area contributed by atoms with Gasteiger partial charge in [0.1, 0.15) is 5.76 Å². The molecule has 0 amide bonds. The summed E-state index contributed by atoms with van der Waals surface area (Å²) < 4.78 is 42.2. The summed E-state index contributed by atoms with van der Waals surface area (Å²) in [5.74, 6) is 0.906. The molecule has 17 heavy (non-hydrogen) atoms. The van der Waals surface area contributed by atoms with Crippen LogP contribution in [0.1, 0.15) is 11.7 Å². The van der Waals surface area contributed by atoms with Gasteiger partial charge >= 0.3 is 6.18 Å². The zero-order valence-electron chi connectivity index (χ0n) is 9.84. The Morgan fingerprint density at radius 3 is 2.65 bits per heavy atom. The highest BCUT2D eigenvalue weighted by atomic mass is 19.4. The van der Waals surface area contributed by atoms with Crippen molar-refractivity contribution in [1.29, 1.82) is 0 Å². The maximum atomic E-state index is 12.3. The number of hydrogen-bond donors (Lipinski definition) is 1. The smallest absolute Gasteiger partial charge is 0.401 e. The van der Waals surface area contributed by atoms with Crippen molar-refractivity contribution in [3.63, 3.8) is 0 Å². The van der Waals surface area contributed by atoms with Gasteiger partial charge in [0.25, 0.3) is 0 Å². The van der Waals surface area contributed by atoms with E-state index in [0.29, 0.717) is 18.2 Å². The summed E-state index contributed by atoms with van der Waals surface area (Å²) >= 11 is 0. The first kappa shape index (κ1) is 14.0. The van der Waals surface area contributed by atoms with Gasteiger partial charge in [-0.15, -0.1) is 0 Å². The summed E-state index contributed by atoms with van der Waals surface area (Å²) in [5, 5.41) is 2.81. The molecule has 0 spiro atoms. The summed E-state index contributed by atoms with van der Waals surface area (Å²) in [6.45, 7) is 1.58. The molecule has 1 aromatic heterocycles. The van der Waals surface area contributed by atoms with Gasteiger partial charge < -0.3 is 9.73 Å². The van der Waals surface area contributed by atoms with Crippen molar-refractivity contribution in [3.8, 4) is 0 Å². The van der Waals surface area contributed by atoms with Crippen LogP contribution < -0.4 is 5.32 Å². The average Bonchev–Trinajstić information content (AvgIpc) is 2.58. The van der Waals surface area contributed by atoms with E-state index in [1.54, 1.807) is 14.0 Å².